The van der Waals surface area contributed by atoms with Crippen molar-refractivity contribution in [2.75, 3.05) is 51.4 Å². The van der Waals surface area contributed by atoms with Gasteiger partial charge in [0.05, 0.1) is 19.3 Å². The van der Waals surface area contributed by atoms with Crippen molar-refractivity contribution in [3.05, 3.63) is 30.1 Å². The summed E-state index contributed by atoms with van der Waals surface area (Å²) < 4.78 is 11.6. The van der Waals surface area contributed by atoms with Crippen LogP contribution in [0.5, 0.6) is 0 Å². The highest BCUT2D eigenvalue weighted by Gasteiger charge is 2.32. The second kappa shape index (κ2) is 11.5. The van der Waals surface area contributed by atoms with Crippen molar-refractivity contribution in [3.63, 3.8) is 0 Å². The van der Waals surface area contributed by atoms with E-state index in [2.05, 4.69) is 4.98 Å². The third-order valence-corrected chi connectivity index (χ3v) is 6.07. The van der Waals surface area contributed by atoms with Crippen LogP contribution in [-0.2, 0) is 25.7 Å². The van der Waals surface area contributed by atoms with Gasteiger partial charge in [-0.05, 0) is 42.7 Å². The van der Waals surface area contributed by atoms with E-state index >= 15 is 0 Å². The molecular formula is C21H31N3O4S. The molecule has 2 fully saturated rings. The zero-order chi connectivity index (χ0) is 20.5. The van der Waals surface area contributed by atoms with Gasteiger partial charge in [0.15, 0.2) is 0 Å². The maximum Gasteiger partial charge on any atom is 0.242 e. The van der Waals surface area contributed by atoms with Crippen molar-refractivity contribution < 1.29 is 19.1 Å². The summed E-state index contributed by atoms with van der Waals surface area (Å²) in [7, 11) is 0. The summed E-state index contributed by atoms with van der Waals surface area (Å²) in [4.78, 5) is 33.2. The highest BCUT2D eigenvalue weighted by atomic mass is 32.2. The average Bonchev–Trinajstić information content (AvgIpc) is 2.91. The predicted molar refractivity (Wildman–Crippen MR) is 113 cm³/mol. The molecule has 0 aliphatic carbocycles. The second-order valence-corrected chi connectivity index (χ2v) is 8.65. The smallest absolute Gasteiger partial charge is 0.242 e. The molecule has 3 heterocycles. The van der Waals surface area contributed by atoms with E-state index in [4.69, 9.17) is 9.47 Å². The Morgan fingerprint density at radius 3 is 2.76 bits per heavy atom. The van der Waals surface area contributed by atoms with Gasteiger partial charge < -0.3 is 19.3 Å². The molecule has 2 saturated heterocycles. The molecule has 8 heteroatoms. The summed E-state index contributed by atoms with van der Waals surface area (Å²) in [5.41, 5.74) is 1.03. The van der Waals surface area contributed by atoms with Gasteiger partial charge in [0.25, 0.3) is 0 Å². The minimum Gasteiger partial charge on any atom is -0.381 e. The van der Waals surface area contributed by atoms with Crippen molar-refractivity contribution in [1.82, 2.24) is 14.8 Å². The molecule has 0 saturated carbocycles. The Hall–Kier alpha value is -1.64. The fraction of sp³-hybridized carbons (Fsp3) is 0.667. The van der Waals surface area contributed by atoms with E-state index in [0.717, 1.165) is 37.4 Å². The Kier molecular flexibility index (Phi) is 8.76. The molecule has 160 valence electrons. The lowest BCUT2D eigenvalue weighted by atomic mass is 9.99. The summed E-state index contributed by atoms with van der Waals surface area (Å²) in [6.07, 6.45) is 7.66. The number of rotatable bonds is 8. The lowest BCUT2D eigenvalue weighted by Crippen LogP contribution is -2.42. The molecule has 2 amide bonds. The Morgan fingerprint density at radius 1 is 1.28 bits per heavy atom. The summed E-state index contributed by atoms with van der Waals surface area (Å²) in [5.74, 6) is 1.26. The summed E-state index contributed by atoms with van der Waals surface area (Å²) in [6, 6.07) is 3.84. The SMILES string of the molecule is CSCCC(=O)N1CC(=O)N(CC2CCOCC2)C[C@@H](OCc2ccncc2)C1. The van der Waals surface area contributed by atoms with E-state index < -0.39 is 0 Å². The first-order valence-corrected chi connectivity index (χ1v) is 11.7. The number of hydrogen-bond acceptors (Lipinski definition) is 6. The largest absolute Gasteiger partial charge is 0.381 e. The number of aromatic nitrogens is 1. The normalized spacial score (nSPS) is 21.3. The van der Waals surface area contributed by atoms with E-state index in [0.29, 0.717) is 38.6 Å². The maximum absolute atomic E-state index is 12.9. The molecular weight excluding hydrogens is 390 g/mol. The summed E-state index contributed by atoms with van der Waals surface area (Å²) >= 11 is 1.64. The standard InChI is InChI=1S/C21H31N3O4S/c1-29-11-6-20(25)24-14-19(28-16-18-2-7-22-8-3-18)13-23(21(26)15-24)12-17-4-9-27-10-5-17/h2-3,7-8,17,19H,4-6,9-16H2,1H3/t19-/m1/s1. The average molecular weight is 422 g/mol. The molecule has 3 rings (SSSR count). The van der Waals surface area contributed by atoms with Gasteiger partial charge >= 0.3 is 0 Å². The van der Waals surface area contributed by atoms with Gasteiger partial charge in [-0.25, -0.2) is 0 Å². The van der Waals surface area contributed by atoms with Gasteiger partial charge in [0.1, 0.15) is 0 Å². The Morgan fingerprint density at radius 2 is 2.03 bits per heavy atom. The molecule has 7 nitrogen and oxygen atoms in total. The van der Waals surface area contributed by atoms with Crippen LogP contribution in [0.1, 0.15) is 24.8 Å². The van der Waals surface area contributed by atoms with Gasteiger partial charge in [-0.2, -0.15) is 11.8 Å². The van der Waals surface area contributed by atoms with Crippen LogP contribution in [0.15, 0.2) is 24.5 Å². The Labute approximate surface area is 177 Å². The molecule has 0 aromatic carbocycles. The number of pyridine rings is 1. The van der Waals surface area contributed by atoms with Crippen LogP contribution in [0.3, 0.4) is 0 Å². The highest BCUT2D eigenvalue weighted by Crippen LogP contribution is 2.19. The van der Waals surface area contributed by atoms with E-state index in [1.165, 1.54) is 0 Å². The van der Waals surface area contributed by atoms with Crippen LogP contribution in [0.25, 0.3) is 0 Å². The van der Waals surface area contributed by atoms with Crippen molar-refractivity contribution in [2.24, 2.45) is 5.92 Å². The molecule has 1 aromatic heterocycles. The first-order chi connectivity index (χ1) is 14.2. The molecule has 0 radical (unpaired) electrons. The quantitative estimate of drug-likeness (QED) is 0.638. The first-order valence-electron chi connectivity index (χ1n) is 10.3. The number of nitrogens with zero attached hydrogens (tertiary/aromatic N) is 3. The number of carbonyl (C=O) groups is 2. The lowest BCUT2D eigenvalue weighted by molar-refractivity contribution is -0.139. The van der Waals surface area contributed by atoms with Crippen LogP contribution in [0.2, 0.25) is 0 Å². The van der Waals surface area contributed by atoms with Gasteiger partial charge in [-0.3, -0.25) is 14.6 Å². The van der Waals surface area contributed by atoms with Crippen molar-refractivity contribution >= 4 is 23.6 Å². The number of ether oxygens (including phenoxy) is 2. The molecule has 1 aromatic rings. The van der Waals surface area contributed by atoms with Crippen LogP contribution >= 0.6 is 11.8 Å². The summed E-state index contributed by atoms with van der Waals surface area (Å²) in [6.45, 7) is 3.79. The van der Waals surface area contributed by atoms with Gasteiger partial charge in [0.2, 0.25) is 11.8 Å². The second-order valence-electron chi connectivity index (χ2n) is 7.66. The fourth-order valence-electron chi connectivity index (χ4n) is 3.73. The molecule has 0 N–H and O–H groups in total. The first kappa shape index (κ1) is 22.1. The van der Waals surface area contributed by atoms with Crippen molar-refractivity contribution in [2.45, 2.75) is 32.0 Å². The number of amides is 2. The van der Waals surface area contributed by atoms with E-state index in [1.54, 1.807) is 29.1 Å². The zero-order valence-corrected chi connectivity index (χ0v) is 17.9. The van der Waals surface area contributed by atoms with Crippen molar-refractivity contribution in [1.29, 1.82) is 0 Å². The fourth-order valence-corrected chi connectivity index (χ4v) is 4.11. The maximum atomic E-state index is 12.9. The molecule has 29 heavy (non-hydrogen) atoms. The highest BCUT2D eigenvalue weighted by molar-refractivity contribution is 7.98. The van der Waals surface area contributed by atoms with Crippen molar-refractivity contribution in [3.8, 4) is 0 Å². The third kappa shape index (κ3) is 6.97. The van der Waals surface area contributed by atoms with Crippen LogP contribution < -0.4 is 0 Å². The predicted octanol–water partition coefficient (Wildman–Crippen LogP) is 1.82. The Bertz CT molecular complexity index is 655. The molecule has 0 bridgehead atoms. The number of carbonyl (C=O) groups excluding carboxylic acids is 2. The Balaban J connectivity index is 1.66. The number of thioether (sulfide) groups is 1. The number of hydrogen-bond donors (Lipinski definition) is 0. The molecule has 1 atom stereocenters. The monoisotopic (exact) mass is 421 g/mol. The molecule has 0 spiro atoms. The molecule has 0 unspecified atom stereocenters. The van der Waals surface area contributed by atoms with Gasteiger partial charge in [-0.15, -0.1) is 0 Å². The molecule has 2 aliphatic heterocycles. The van der Waals surface area contributed by atoms with Crippen LogP contribution in [0, 0.1) is 5.92 Å². The van der Waals surface area contributed by atoms with E-state index in [-0.39, 0.29) is 24.5 Å². The molecule has 2 aliphatic rings. The van der Waals surface area contributed by atoms with E-state index in [1.807, 2.05) is 23.3 Å². The van der Waals surface area contributed by atoms with Crippen LogP contribution in [-0.4, -0.2) is 84.1 Å². The topological polar surface area (TPSA) is 72.0 Å². The van der Waals surface area contributed by atoms with E-state index in [9.17, 15) is 9.59 Å². The summed E-state index contributed by atoms with van der Waals surface area (Å²) in [5, 5.41) is 0. The zero-order valence-electron chi connectivity index (χ0n) is 17.1. The van der Waals surface area contributed by atoms with Gasteiger partial charge in [0, 0.05) is 57.4 Å². The lowest BCUT2D eigenvalue weighted by Gasteiger charge is -2.30. The minimum atomic E-state index is -0.201. The minimum absolute atomic E-state index is 0.0176. The third-order valence-electron chi connectivity index (χ3n) is 5.45. The van der Waals surface area contributed by atoms with Gasteiger partial charge in [-0.1, -0.05) is 0 Å². The van der Waals surface area contributed by atoms with Crippen LogP contribution in [0.4, 0.5) is 0 Å².